The van der Waals surface area contributed by atoms with E-state index < -0.39 is 15.9 Å². The van der Waals surface area contributed by atoms with Gasteiger partial charge in [-0.2, -0.15) is 5.10 Å². The smallest absolute Gasteiger partial charge is 0.411 e. The van der Waals surface area contributed by atoms with Crippen molar-refractivity contribution in [1.29, 1.82) is 0 Å². The van der Waals surface area contributed by atoms with Gasteiger partial charge in [-0.25, -0.2) is 18.3 Å². The minimum Gasteiger partial charge on any atom is -0.493 e. The molecule has 47 heavy (non-hydrogen) atoms. The van der Waals surface area contributed by atoms with Gasteiger partial charge in [-0.3, -0.25) is 14.9 Å². The zero-order chi connectivity index (χ0) is 34.8. The average molecular weight is 666 g/mol. The topological polar surface area (TPSA) is 169 Å². The zero-order valence-electron chi connectivity index (χ0n) is 26.7. The van der Waals surface area contributed by atoms with Crippen molar-refractivity contribution in [3.8, 4) is 24.3 Å². The summed E-state index contributed by atoms with van der Waals surface area (Å²) < 4.78 is 36.6. The molecule has 0 unspecified atom stereocenters. The molecule has 1 aliphatic heterocycles. The SMILES string of the molecule is C#C.COC(=O)Nc1ccc(S(C)(=O)=O)cc1.COc1ccccc1OC.O=C(CNc1ccc2cn[nH]c(=O)c2c1)N1CCCC1. The van der Waals surface area contributed by atoms with E-state index in [2.05, 4.69) is 38.4 Å². The number of hydrogen-bond donors (Lipinski definition) is 3. The molecule has 5 rings (SSSR count). The monoisotopic (exact) mass is 665 g/mol. The number of hydrogen-bond acceptors (Lipinski definition) is 10. The van der Waals surface area contributed by atoms with Gasteiger partial charge in [-0.15, -0.1) is 12.8 Å². The molecule has 1 fully saturated rings. The third-order valence-corrected chi connectivity index (χ3v) is 7.70. The van der Waals surface area contributed by atoms with Crippen LogP contribution in [0.3, 0.4) is 0 Å². The summed E-state index contributed by atoms with van der Waals surface area (Å²) in [6, 6.07) is 18.8. The van der Waals surface area contributed by atoms with Gasteiger partial charge in [0.15, 0.2) is 21.3 Å². The first kappa shape index (κ1) is 37.6. The van der Waals surface area contributed by atoms with Crippen LogP contribution in [0.2, 0.25) is 0 Å². The van der Waals surface area contributed by atoms with Crippen molar-refractivity contribution < 1.29 is 32.2 Å². The summed E-state index contributed by atoms with van der Waals surface area (Å²) in [5, 5.41) is 13.0. The van der Waals surface area contributed by atoms with E-state index in [-0.39, 0.29) is 22.9 Å². The standard InChI is InChI=1S/C14H16N4O2.C9H11NO4S.C8H10O2.C2H2/c19-13(18-5-1-2-6-18)9-15-11-4-3-10-8-16-17-14(20)12(10)7-11;1-14-9(11)10-7-3-5-8(6-4-7)15(2,12)13;1-9-7-5-3-4-6-8(7)10-2;1-2/h3-4,7-8,15H,1-2,5-6,9H2,(H,17,20);3-6H,1-2H3,(H,10,11);3-6H,1-2H3;1-2H. The third-order valence-electron chi connectivity index (χ3n) is 6.57. The number of carbonyl (C=O) groups is 2. The molecule has 0 bridgehead atoms. The summed E-state index contributed by atoms with van der Waals surface area (Å²) >= 11 is 0. The predicted octanol–water partition coefficient (Wildman–Crippen LogP) is 4.18. The van der Waals surface area contributed by atoms with E-state index in [1.807, 2.05) is 41.3 Å². The number of ether oxygens (including phenoxy) is 3. The van der Waals surface area contributed by atoms with Gasteiger partial charge in [0.25, 0.3) is 5.56 Å². The molecular formula is C33H39N5O8S. The van der Waals surface area contributed by atoms with Gasteiger partial charge < -0.3 is 24.4 Å². The summed E-state index contributed by atoms with van der Waals surface area (Å²) in [4.78, 5) is 36.5. The number of para-hydroxylation sites is 2. The Balaban J connectivity index is 0.000000252. The number of anilines is 2. The molecule has 3 aromatic carbocycles. The second kappa shape index (κ2) is 19.1. The summed E-state index contributed by atoms with van der Waals surface area (Å²) in [5.41, 5.74) is 1.02. The van der Waals surface area contributed by atoms with E-state index >= 15 is 0 Å². The van der Waals surface area contributed by atoms with Crippen molar-refractivity contribution in [2.75, 3.05) is 57.9 Å². The molecule has 1 aromatic heterocycles. The average Bonchev–Trinajstić information content (AvgIpc) is 3.64. The number of benzene rings is 3. The van der Waals surface area contributed by atoms with Crippen LogP contribution in [0.4, 0.5) is 16.2 Å². The van der Waals surface area contributed by atoms with E-state index in [4.69, 9.17) is 9.47 Å². The van der Waals surface area contributed by atoms with Crippen LogP contribution in [-0.2, 0) is 19.4 Å². The summed E-state index contributed by atoms with van der Waals surface area (Å²) in [6.07, 6.45) is 12.3. The molecule has 13 nitrogen and oxygen atoms in total. The van der Waals surface area contributed by atoms with Crippen LogP contribution in [0.1, 0.15) is 12.8 Å². The maximum atomic E-state index is 11.9. The van der Waals surface area contributed by atoms with Gasteiger partial charge in [-0.05, 0) is 61.4 Å². The van der Waals surface area contributed by atoms with E-state index in [1.165, 1.54) is 31.4 Å². The van der Waals surface area contributed by atoms with Crippen LogP contribution >= 0.6 is 0 Å². The number of methoxy groups -OCH3 is 3. The Morgan fingerprint density at radius 3 is 2.02 bits per heavy atom. The Morgan fingerprint density at radius 1 is 0.915 bits per heavy atom. The molecule has 250 valence electrons. The molecule has 0 saturated carbocycles. The molecule has 0 spiro atoms. The van der Waals surface area contributed by atoms with Crippen molar-refractivity contribution in [2.45, 2.75) is 17.7 Å². The number of aromatic nitrogens is 2. The number of H-pyrrole nitrogens is 1. The Labute approximate surface area is 274 Å². The maximum absolute atomic E-state index is 11.9. The highest BCUT2D eigenvalue weighted by Crippen LogP contribution is 2.24. The van der Waals surface area contributed by atoms with E-state index in [1.54, 1.807) is 26.5 Å². The molecule has 4 aromatic rings. The highest BCUT2D eigenvalue weighted by atomic mass is 32.2. The lowest BCUT2D eigenvalue weighted by molar-refractivity contribution is -0.128. The molecule has 3 N–H and O–H groups in total. The molecular weight excluding hydrogens is 626 g/mol. The van der Waals surface area contributed by atoms with Gasteiger partial charge in [-0.1, -0.05) is 18.2 Å². The minimum absolute atomic E-state index is 0.103. The Kier molecular flexibility index (Phi) is 15.3. The second-order valence-corrected chi connectivity index (χ2v) is 11.7. The molecule has 0 aliphatic carbocycles. The fourth-order valence-corrected chi connectivity index (χ4v) is 4.82. The second-order valence-electron chi connectivity index (χ2n) is 9.71. The number of likely N-dealkylation sites (tertiary alicyclic amines) is 1. The fourth-order valence-electron chi connectivity index (χ4n) is 4.19. The number of amides is 2. The van der Waals surface area contributed by atoms with Gasteiger partial charge in [0.05, 0.1) is 44.4 Å². The molecule has 14 heteroatoms. The Bertz CT molecular complexity index is 1760. The number of nitrogens with zero attached hydrogens (tertiary/aromatic N) is 2. The van der Waals surface area contributed by atoms with Crippen LogP contribution in [-0.4, -0.2) is 82.7 Å². The summed E-state index contributed by atoms with van der Waals surface area (Å²) in [7, 11) is 1.30. The fraction of sp³-hybridized carbons (Fsp3) is 0.273. The van der Waals surface area contributed by atoms with Crippen molar-refractivity contribution in [3.05, 3.63) is 83.3 Å². The molecule has 1 aliphatic rings. The largest absolute Gasteiger partial charge is 0.493 e. The quantitative estimate of drug-likeness (QED) is 0.244. The van der Waals surface area contributed by atoms with Gasteiger partial charge in [0.1, 0.15) is 0 Å². The summed E-state index contributed by atoms with van der Waals surface area (Å²) in [6.45, 7) is 1.96. The molecule has 1 saturated heterocycles. The number of terminal acetylenes is 1. The normalized spacial score (nSPS) is 11.7. The van der Waals surface area contributed by atoms with Crippen LogP contribution in [0.15, 0.2) is 82.6 Å². The molecule has 0 atom stereocenters. The highest BCUT2D eigenvalue weighted by Gasteiger charge is 2.17. The minimum atomic E-state index is -3.20. The lowest BCUT2D eigenvalue weighted by Gasteiger charge is -2.16. The van der Waals surface area contributed by atoms with Gasteiger partial charge >= 0.3 is 6.09 Å². The predicted molar refractivity (Wildman–Crippen MR) is 182 cm³/mol. The van der Waals surface area contributed by atoms with E-state index in [0.29, 0.717) is 11.1 Å². The first-order valence-corrected chi connectivity index (χ1v) is 16.1. The lowest BCUT2D eigenvalue weighted by Crippen LogP contribution is -2.32. The number of sulfone groups is 1. The molecule has 0 radical (unpaired) electrons. The van der Waals surface area contributed by atoms with Crippen LogP contribution < -0.4 is 25.7 Å². The van der Waals surface area contributed by atoms with Gasteiger partial charge in [0.2, 0.25) is 5.91 Å². The number of nitrogens with one attached hydrogen (secondary N) is 3. The molecule has 2 heterocycles. The van der Waals surface area contributed by atoms with Crippen LogP contribution in [0, 0.1) is 12.8 Å². The number of rotatable bonds is 7. The Hall–Kier alpha value is -5.55. The van der Waals surface area contributed by atoms with E-state index in [9.17, 15) is 22.8 Å². The van der Waals surface area contributed by atoms with Crippen molar-refractivity contribution in [2.24, 2.45) is 0 Å². The maximum Gasteiger partial charge on any atom is 0.411 e. The van der Waals surface area contributed by atoms with Crippen molar-refractivity contribution in [1.82, 2.24) is 15.1 Å². The number of carbonyl (C=O) groups excluding carboxylic acids is 2. The first-order valence-electron chi connectivity index (χ1n) is 14.2. The van der Waals surface area contributed by atoms with Gasteiger partial charge in [0, 0.05) is 36.1 Å². The Morgan fingerprint density at radius 2 is 1.49 bits per heavy atom. The van der Waals surface area contributed by atoms with E-state index in [0.717, 1.165) is 54.8 Å². The van der Waals surface area contributed by atoms with Crippen molar-refractivity contribution in [3.63, 3.8) is 0 Å². The number of fused-ring (bicyclic) bond motifs is 1. The van der Waals surface area contributed by atoms with Crippen LogP contribution in [0.25, 0.3) is 10.8 Å². The lowest BCUT2D eigenvalue weighted by atomic mass is 10.2. The molecule has 2 amide bonds. The zero-order valence-corrected chi connectivity index (χ0v) is 27.5. The first-order chi connectivity index (χ1) is 22.5. The number of aromatic amines is 1. The third kappa shape index (κ3) is 12.0. The van der Waals surface area contributed by atoms with Crippen molar-refractivity contribution >= 4 is 44.0 Å². The van der Waals surface area contributed by atoms with Crippen LogP contribution in [0.5, 0.6) is 11.5 Å². The summed E-state index contributed by atoms with van der Waals surface area (Å²) in [5.74, 6) is 1.64. The highest BCUT2D eigenvalue weighted by molar-refractivity contribution is 7.90.